The summed E-state index contributed by atoms with van der Waals surface area (Å²) in [6.45, 7) is -0.0174. The zero-order chi connectivity index (χ0) is 15.9. The van der Waals surface area contributed by atoms with Crippen LogP contribution in [0, 0.1) is 0 Å². The summed E-state index contributed by atoms with van der Waals surface area (Å²) in [5.41, 5.74) is 6.17. The third-order valence-electron chi connectivity index (χ3n) is 3.91. The Balaban J connectivity index is 2.05. The Morgan fingerprint density at radius 1 is 1.27 bits per heavy atom. The Hall–Kier alpha value is -2.30. The smallest absolute Gasteiger partial charge is 0.247 e. The number of amides is 2. The van der Waals surface area contributed by atoms with Crippen molar-refractivity contribution in [2.24, 2.45) is 5.73 Å². The predicted octanol–water partition coefficient (Wildman–Crippen LogP) is 1.96. The molecule has 1 aromatic carbocycles. The van der Waals surface area contributed by atoms with Gasteiger partial charge >= 0.3 is 0 Å². The van der Waals surface area contributed by atoms with Crippen molar-refractivity contribution < 1.29 is 14.3 Å². The number of hydrogen-bond donors (Lipinski definition) is 1. The molecule has 0 saturated heterocycles. The number of methoxy groups -OCH3 is 1. The van der Waals surface area contributed by atoms with Crippen LogP contribution in [0.2, 0.25) is 0 Å². The van der Waals surface area contributed by atoms with Gasteiger partial charge in [0.15, 0.2) is 0 Å². The van der Waals surface area contributed by atoms with Gasteiger partial charge in [-0.25, -0.2) is 0 Å². The summed E-state index contributed by atoms with van der Waals surface area (Å²) >= 11 is 0. The molecule has 0 atom stereocenters. The molecule has 2 rings (SSSR count). The minimum Gasteiger partial charge on any atom is -0.497 e. The molecule has 1 aliphatic carbocycles. The van der Waals surface area contributed by atoms with Crippen molar-refractivity contribution >= 4 is 17.9 Å². The Kier molecular flexibility index (Phi) is 5.58. The number of carbonyl (C=O) groups excluding carboxylic acids is 2. The maximum absolute atomic E-state index is 12.4. The fraction of sp³-hybridized carbons (Fsp3) is 0.412. The molecule has 0 aromatic heterocycles. The Morgan fingerprint density at radius 2 is 1.91 bits per heavy atom. The zero-order valence-corrected chi connectivity index (χ0v) is 12.8. The third-order valence-corrected chi connectivity index (χ3v) is 3.91. The van der Waals surface area contributed by atoms with E-state index in [1.165, 1.54) is 6.08 Å². The van der Waals surface area contributed by atoms with Gasteiger partial charge in [-0.3, -0.25) is 9.59 Å². The second kappa shape index (κ2) is 7.64. The SMILES string of the molecule is COc1ccc(/C=C/C(=O)N(CC(N)=O)C2CCCC2)cc1. The highest BCUT2D eigenvalue weighted by atomic mass is 16.5. The number of rotatable bonds is 6. The molecule has 0 bridgehead atoms. The van der Waals surface area contributed by atoms with Gasteiger partial charge in [-0.1, -0.05) is 25.0 Å². The summed E-state index contributed by atoms with van der Waals surface area (Å²) in [5.74, 6) is 0.129. The Labute approximate surface area is 130 Å². The lowest BCUT2D eigenvalue weighted by Gasteiger charge is -2.26. The number of benzene rings is 1. The van der Waals surface area contributed by atoms with Crippen molar-refractivity contribution in [1.82, 2.24) is 4.90 Å². The van der Waals surface area contributed by atoms with Crippen molar-refractivity contribution in [2.75, 3.05) is 13.7 Å². The summed E-state index contributed by atoms with van der Waals surface area (Å²) in [6.07, 6.45) is 7.31. The Morgan fingerprint density at radius 3 is 2.45 bits per heavy atom. The third kappa shape index (κ3) is 4.35. The first-order chi connectivity index (χ1) is 10.6. The highest BCUT2D eigenvalue weighted by molar-refractivity contribution is 5.94. The summed E-state index contributed by atoms with van der Waals surface area (Å²) in [7, 11) is 1.61. The molecule has 1 aromatic rings. The van der Waals surface area contributed by atoms with Gasteiger partial charge in [-0.15, -0.1) is 0 Å². The van der Waals surface area contributed by atoms with Crippen LogP contribution in [0.15, 0.2) is 30.3 Å². The largest absolute Gasteiger partial charge is 0.497 e. The lowest BCUT2D eigenvalue weighted by atomic mass is 10.1. The van der Waals surface area contributed by atoms with Gasteiger partial charge in [0.1, 0.15) is 5.75 Å². The Bertz CT molecular complexity index is 546. The zero-order valence-electron chi connectivity index (χ0n) is 12.8. The van der Waals surface area contributed by atoms with Gasteiger partial charge in [0.25, 0.3) is 0 Å². The van der Waals surface area contributed by atoms with E-state index in [1.807, 2.05) is 24.3 Å². The molecule has 5 heteroatoms. The van der Waals surface area contributed by atoms with Crippen molar-refractivity contribution in [3.8, 4) is 5.75 Å². The van der Waals surface area contributed by atoms with E-state index >= 15 is 0 Å². The van der Waals surface area contributed by atoms with Crippen LogP contribution < -0.4 is 10.5 Å². The number of carbonyl (C=O) groups is 2. The molecule has 1 aliphatic rings. The van der Waals surface area contributed by atoms with Gasteiger partial charge in [0.05, 0.1) is 13.7 Å². The van der Waals surface area contributed by atoms with Crippen molar-refractivity contribution in [1.29, 1.82) is 0 Å². The molecule has 0 spiro atoms. The van der Waals surface area contributed by atoms with Crippen molar-refractivity contribution in [3.05, 3.63) is 35.9 Å². The van der Waals surface area contributed by atoms with E-state index in [0.29, 0.717) is 0 Å². The molecule has 0 unspecified atom stereocenters. The normalized spacial score (nSPS) is 15.1. The van der Waals surface area contributed by atoms with E-state index in [1.54, 1.807) is 18.1 Å². The molecule has 1 saturated carbocycles. The van der Waals surface area contributed by atoms with Crippen LogP contribution in [-0.2, 0) is 9.59 Å². The number of primary amides is 1. The average molecular weight is 302 g/mol. The maximum Gasteiger partial charge on any atom is 0.247 e. The summed E-state index contributed by atoms with van der Waals surface area (Å²) < 4.78 is 5.09. The molecule has 0 aliphatic heterocycles. The van der Waals surface area contributed by atoms with Crippen molar-refractivity contribution in [3.63, 3.8) is 0 Å². The highest BCUT2D eigenvalue weighted by Crippen LogP contribution is 2.23. The lowest BCUT2D eigenvalue weighted by molar-refractivity contribution is -0.133. The fourth-order valence-corrected chi connectivity index (χ4v) is 2.75. The molecule has 118 valence electrons. The predicted molar refractivity (Wildman–Crippen MR) is 85.2 cm³/mol. The van der Waals surface area contributed by atoms with Crippen LogP contribution >= 0.6 is 0 Å². The monoisotopic (exact) mass is 302 g/mol. The second-order valence-electron chi connectivity index (χ2n) is 5.48. The topological polar surface area (TPSA) is 72.6 Å². The van der Waals surface area contributed by atoms with Crippen LogP contribution in [0.4, 0.5) is 0 Å². The number of nitrogens with zero attached hydrogens (tertiary/aromatic N) is 1. The molecule has 22 heavy (non-hydrogen) atoms. The van der Waals surface area contributed by atoms with E-state index in [0.717, 1.165) is 37.0 Å². The molecular weight excluding hydrogens is 280 g/mol. The lowest BCUT2D eigenvalue weighted by Crippen LogP contribution is -2.43. The van der Waals surface area contributed by atoms with Crippen LogP contribution in [0.25, 0.3) is 6.08 Å². The molecule has 5 nitrogen and oxygen atoms in total. The van der Waals surface area contributed by atoms with Crippen LogP contribution in [0.5, 0.6) is 5.75 Å². The van der Waals surface area contributed by atoms with E-state index in [4.69, 9.17) is 10.5 Å². The molecular formula is C17H22N2O3. The van der Waals surface area contributed by atoms with Crippen LogP contribution in [-0.4, -0.2) is 36.4 Å². The average Bonchev–Trinajstić information content (AvgIpc) is 3.04. The molecule has 1 fully saturated rings. The summed E-state index contributed by atoms with van der Waals surface area (Å²) in [4.78, 5) is 25.2. The minimum atomic E-state index is -0.474. The molecule has 0 radical (unpaired) electrons. The number of nitrogens with two attached hydrogens (primary N) is 1. The standard InChI is InChI=1S/C17H22N2O3/c1-22-15-9-6-13(7-10-15)8-11-17(21)19(12-16(18)20)14-4-2-3-5-14/h6-11,14H,2-5,12H2,1H3,(H2,18,20)/b11-8+. The second-order valence-corrected chi connectivity index (χ2v) is 5.48. The van der Waals surface area contributed by atoms with Crippen LogP contribution in [0.1, 0.15) is 31.2 Å². The van der Waals surface area contributed by atoms with Gasteiger partial charge in [0, 0.05) is 12.1 Å². The highest BCUT2D eigenvalue weighted by Gasteiger charge is 2.26. The summed E-state index contributed by atoms with van der Waals surface area (Å²) in [6, 6.07) is 7.54. The first-order valence-corrected chi connectivity index (χ1v) is 7.51. The van der Waals surface area contributed by atoms with Gasteiger partial charge in [0.2, 0.25) is 11.8 Å². The van der Waals surface area contributed by atoms with Crippen LogP contribution in [0.3, 0.4) is 0 Å². The minimum absolute atomic E-state index is 0.0174. The van der Waals surface area contributed by atoms with Gasteiger partial charge in [-0.05, 0) is 36.6 Å². The maximum atomic E-state index is 12.4. The van der Waals surface area contributed by atoms with Gasteiger partial charge < -0.3 is 15.4 Å². The fourth-order valence-electron chi connectivity index (χ4n) is 2.75. The van der Waals surface area contributed by atoms with E-state index in [9.17, 15) is 9.59 Å². The van der Waals surface area contributed by atoms with E-state index < -0.39 is 5.91 Å². The molecule has 2 amide bonds. The van der Waals surface area contributed by atoms with E-state index in [2.05, 4.69) is 0 Å². The number of hydrogen-bond acceptors (Lipinski definition) is 3. The molecule has 2 N–H and O–H groups in total. The first kappa shape index (κ1) is 16.1. The molecule has 0 heterocycles. The first-order valence-electron chi connectivity index (χ1n) is 7.51. The summed E-state index contributed by atoms with van der Waals surface area (Å²) in [5, 5.41) is 0. The van der Waals surface area contributed by atoms with E-state index in [-0.39, 0.29) is 18.5 Å². The van der Waals surface area contributed by atoms with Crippen molar-refractivity contribution in [2.45, 2.75) is 31.7 Å². The quantitative estimate of drug-likeness (QED) is 0.816. The van der Waals surface area contributed by atoms with Gasteiger partial charge in [-0.2, -0.15) is 0 Å². The number of ether oxygens (including phenoxy) is 1.